The minimum absolute atomic E-state index is 0. The monoisotopic (exact) mass is 134 g/mol. The summed E-state index contributed by atoms with van der Waals surface area (Å²) in [5.41, 5.74) is 0.542. The van der Waals surface area contributed by atoms with Gasteiger partial charge in [0.15, 0.2) is 0 Å². The summed E-state index contributed by atoms with van der Waals surface area (Å²) < 4.78 is 0. The molecular weight excluding hydrogens is 108 g/mol. The molecule has 0 aliphatic carbocycles. The van der Waals surface area contributed by atoms with Crippen LogP contribution in [0.15, 0.2) is 0 Å². The molecule has 0 aromatic carbocycles. The zero-order valence-corrected chi connectivity index (χ0v) is 5.21. The first-order valence-electron chi connectivity index (χ1n) is 2.56. The zero-order valence-electron chi connectivity index (χ0n) is 5.21. The Hall–Kier alpha value is 0. The van der Waals surface area contributed by atoms with E-state index in [1.165, 1.54) is 6.42 Å². The van der Waals surface area contributed by atoms with Crippen LogP contribution in [0.1, 0.15) is 56.4 Å². The van der Waals surface area contributed by atoms with Gasteiger partial charge in [-0.05, 0) is 5.41 Å². The van der Waals surface area contributed by atoms with Gasteiger partial charge < -0.3 is 0 Å². The SMILES string of the molecule is C.C.C.CCC(C)(C)C. The Morgan fingerprint density at radius 3 is 1.00 bits per heavy atom. The molecule has 9 heavy (non-hydrogen) atoms. The molecule has 0 unspecified atom stereocenters. The van der Waals surface area contributed by atoms with E-state index in [4.69, 9.17) is 0 Å². The predicted octanol–water partition coefficient (Wildman–Crippen LogP) is 4.35. The molecule has 0 atom stereocenters. The first-order valence-corrected chi connectivity index (χ1v) is 2.56. The molecule has 0 amide bonds. The van der Waals surface area contributed by atoms with Crippen LogP contribution in [0.2, 0.25) is 0 Å². The van der Waals surface area contributed by atoms with Gasteiger partial charge in [-0.1, -0.05) is 56.4 Å². The first-order chi connectivity index (χ1) is 2.56. The molecule has 0 aliphatic rings. The third kappa shape index (κ3) is 32.0. The Morgan fingerprint density at radius 2 is 1.00 bits per heavy atom. The van der Waals surface area contributed by atoms with Gasteiger partial charge in [0.25, 0.3) is 0 Å². The van der Waals surface area contributed by atoms with Crippen molar-refractivity contribution in [3.05, 3.63) is 0 Å². The summed E-state index contributed by atoms with van der Waals surface area (Å²) >= 11 is 0. The van der Waals surface area contributed by atoms with Crippen LogP contribution in [-0.4, -0.2) is 0 Å². The van der Waals surface area contributed by atoms with Crippen molar-refractivity contribution in [2.45, 2.75) is 56.4 Å². The van der Waals surface area contributed by atoms with E-state index in [1.807, 2.05) is 0 Å². The van der Waals surface area contributed by atoms with E-state index in [9.17, 15) is 0 Å². The molecule has 0 bridgehead atoms. The molecule has 0 heterocycles. The normalized spacial score (nSPS) is 8.00. The fourth-order valence-electron chi connectivity index (χ4n) is 0. The second-order valence-corrected chi connectivity index (χ2v) is 2.91. The van der Waals surface area contributed by atoms with Crippen molar-refractivity contribution in [2.24, 2.45) is 5.41 Å². The van der Waals surface area contributed by atoms with Crippen molar-refractivity contribution in [2.75, 3.05) is 0 Å². The van der Waals surface area contributed by atoms with Crippen LogP contribution in [0.3, 0.4) is 0 Å². The Balaban J connectivity index is -0.0000000417. The summed E-state index contributed by atoms with van der Waals surface area (Å²) in [4.78, 5) is 0. The van der Waals surface area contributed by atoms with Gasteiger partial charge in [-0.15, -0.1) is 0 Å². The topological polar surface area (TPSA) is 0 Å². The van der Waals surface area contributed by atoms with Crippen LogP contribution in [0.4, 0.5) is 0 Å². The zero-order chi connectivity index (χ0) is 5.21. The Kier molecular flexibility index (Phi) is 20.5. The van der Waals surface area contributed by atoms with Crippen LogP contribution in [0.5, 0.6) is 0 Å². The maximum atomic E-state index is 2.24. The van der Waals surface area contributed by atoms with Gasteiger partial charge in [0.05, 0.1) is 0 Å². The summed E-state index contributed by atoms with van der Waals surface area (Å²) in [5, 5.41) is 0. The maximum Gasteiger partial charge on any atom is -0.0385 e. The van der Waals surface area contributed by atoms with E-state index < -0.39 is 0 Å². The smallest absolute Gasteiger partial charge is 0.0385 e. The minimum Gasteiger partial charge on any atom is -0.0776 e. The van der Waals surface area contributed by atoms with Crippen molar-refractivity contribution < 1.29 is 0 Å². The van der Waals surface area contributed by atoms with Crippen LogP contribution < -0.4 is 0 Å². The Morgan fingerprint density at radius 1 is 0.889 bits per heavy atom. The van der Waals surface area contributed by atoms with E-state index in [0.29, 0.717) is 5.41 Å². The van der Waals surface area contributed by atoms with Gasteiger partial charge in [-0.3, -0.25) is 0 Å². The van der Waals surface area contributed by atoms with Gasteiger partial charge >= 0.3 is 0 Å². The highest BCUT2D eigenvalue weighted by Gasteiger charge is 2.03. The molecule has 0 N–H and O–H groups in total. The van der Waals surface area contributed by atoms with Crippen molar-refractivity contribution in [3.8, 4) is 0 Å². The Labute approximate surface area is 62.7 Å². The second-order valence-electron chi connectivity index (χ2n) is 2.91. The highest BCUT2D eigenvalue weighted by molar-refractivity contribution is 4.55. The van der Waals surface area contributed by atoms with Gasteiger partial charge in [0.1, 0.15) is 0 Å². The molecule has 0 nitrogen and oxygen atoms in total. The van der Waals surface area contributed by atoms with Gasteiger partial charge in [0, 0.05) is 0 Å². The largest absolute Gasteiger partial charge is 0.0776 e. The lowest BCUT2D eigenvalue weighted by Crippen LogP contribution is -2.00. The predicted molar refractivity (Wildman–Crippen MR) is 49.9 cm³/mol. The Bertz CT molecular complexity index is 29.8. The molecule has 0 aliphatic heterocycles. The van der Waals surface area contributed by atoms with Crippen molar-refractivity contribution in [3.63, 3.8) is 0 Å². The molecule has 0 heteroatoms. The van der Waals surface area contributed by atoms with E-state index >= 15 is 0 Å². The fourth-order valence-corrected chi connectivity index (χ4v) is 0. The summed E-state index contributed by atoms with van der Waals surface area (Å²) in [6, 6.07) is 0. The third-order valence-electron chi connectivity index (χ3n) is 1.06. The maximum absolute atomic E-state index is 2.24. The molecule has 62 valence electrons. The summed E-state index contributed by atoms with van der Waals surface area (Å²) in [7, 11) is 0. The van der Waals surface area contributed by atoms with Gasteiger partial charge in [-0.25, -0.2) is 0 Å². The minimum atomic E-state index is 0. The van der Waals surface area contributed by atoms with E-state index in [-0.39, 0.29) is 22.3 Å². The lowest BCUT2D eigenvalue weighted by molar-refractivity contribution is 0.398. The second kappa shape index (κ2) is 8.00. The van der Waals surface area contributed by atoms with E-state index in [1.54, 1.807) is 0 Å². The molecule has 0 aromatic rings. The molecule has 0 rings (SSSR count). The first kappa shape index (κ1) is 23.0. The van der Waals surface area contributed by atoms with Gasteiger partial charge in [0.2, 0.25) is 0 Å². The highest BCUT2D eigenvalue weighted by Crippen LogP contribution is 2.16. The average molecular weight is 134 g/mol. The molecule has 0 saturated heterocycles. The molecule has 0 spiro atoms. The summed E-state index contributed by atoms with van der Waals surface area (Å²) in [5.74, 6) is 0. The molecule has 0 radical (unpaired) electrons. The number of rotatable bonds is 0. The third-order valence-corrected chi connectivity index (χ3v) is 1.06. The van der Waals surface area contributed by atoms with E-state index in [2.05, 4.69) is 27.7 Å². The van der Waals surface area contributed by atoms with Crippen LogP contribution in [-0.2, 0) is 0 Å². The fraction of sp³-hybridized carbons (Fsp3) is 1.00. The lowest BCUT2D eigenvalue weighted by atomic mass is 9.94. The molecule has 0 aromatic heterocycles. The van der Waals surface area contributed by atoms with Crippen LogP contribution in [0, 0.1) is 5.41 Å². The molecule has 0 fully saturated rings. The quantitative estimate of drug-likeness (QED) is 0.462. The molecule has 0 saturated carbocycles. The number of hydrogen-bond acceptors (Lipinski definition) is 0. The van der Waals surface area contributed by atoms with Crippen molar-refractivity contribution in [1.82, 2.24) is 0 Å². The highest BCUT2D eigenvalue weighted by atomic mass is 14.1. The average Bonchev–Trinajstić information content (AvgIpc) is 1.35. The van der Waals surface area contributed by atoms with Crippen LogP contribution in [0.25, 0.3) is 0 Å². The van der Waals surface area contributed by atoms with Crippen molar-refractivity contribution in [1.29, 1.82) is 0 Å². The van der Waals surface area contributed by atoms with E-state index in [0.717, 1.165) is 0 Å². The summed E-state index contributed by atoms with van der Waals surface area (Å²) in [6.07, 6.45) is 1.27. The molecular formula is C9H26. The summed E-state index contributed by atoms with van der Waals surface area (Å²) in [6.45, 7) is 8.94. The standard InChI is InChI=1S/C6H14.3CH4/c1-5-6(2,3)4;;;/h5H2,1-4H3;3*1H4. The lowest BCUT2D eigenvalue weighted by Gasteiger charge is -2.12. The number of hydrogen-bond donors (Lipinski definition) is 0. The van der Waals surface area contributed by atoms with Gasteiger partial charge in [-0.2, -0.15) is 0 Å². The van der Waals surface area contributed by atoms with Crippen LogP contribution >= 0.6 is 0 Å². The van der Waals surface area contributed by atoms with Crippen molar-refractivity contribution >= 4 is 0 Å².